The lowest BCUT2D eigenvalue weighted by Gasteiger charge is -2.12. The molecular weight excluding hydrogens is 342 g/mol. The molecular formula is C19H21N7O. The van der Waals surface area contributed by atoms with Crippen LogP contribution in [0.25, 0.3) is 22.3 Å². The molecule has 138 valence electrons. The van der Waals surface area contributed by atoms with Crippen molar-refractivity contribution in [2.75, 3.05) is 12.4 Å². The van der Waals surface area contributed by atoms with E-state index in [-0.39, 0.29) is 0 Å². The van der Waals surface area contributed by atoms with Crippen LogP contribution in [0.5, 0.6) is 5.75 Å². The van der Waals surface area contributed by atoms with Gasteiger partial charge < -0.3 is 14.6 Å². The number of methoxy groups -OCH3 is 1. The van der Waals surface area contributed by atoms with Gasteiger partial charge in [-0.3, -0.25) is 9.67 Å². The van der Waals surface area contributed by atoms with Crippen LogP contribution in [0.15, 0.2) is 30.9 Å². The Morgan fingerprint density at radius 1 is 1.04 bits per heavy atom. The maximum atomic E-state index is 5.59. The molecule has 4 rings (SSSR count). The van der Waals surface area contributed by atoms with Gasteiger partial charge in [0.05, 0.1) is 42.7 Å². The van der Waals surface area contributed by atoms with E-state index < -0.39 is 0 Å². The SMILES string of the molecule is COc1cc(-c2c(C)nn(C)c2C)ncc1Nc1cc2c(cn1)ncn2C. The summed E-state index contributed by atoms with van der Waals surface area (Å²) >= 11 is 0. The fraction of sp³-hybridized carbons (Fsp3) is 0.263. The van der Waals surface area contributed by atoms with Crippen molar-refractivity contribution in [3.8, 4) is 17.0 Å². The van der Waals surface area contributed by atoms with Gasteiger partial charge in [0.1, 0.15) is 22.8 Å². The molecule has 0 saturated carbocycles. The predicted molar refractivity (Wildman–Crippen MR) is 104 cm³/mol. The number of nitrogens with one attached hydrogen (secondary N) is 1. The summed E-state index contributed by atoms with van der Waals surface area (Å²) < 4.78 is 9.40. The van der Waals surface area contributed by atoms with Crippen molar-refractivity contribution in [1.29, 1.82) is 0 Å². The van der Waals surface area contributed by atoms with Crippen LogP contribution in [0.4, 0.5) is 11.5 Å². The summed E-state index contributed by atoms with van der Waals surface area (Å²) in [7, 11) is 5.53. The van der Waals surface area contributed by atoms with E-state index in [1.54, 1.807) is 25.8 Å². The first-order chi connectivity index (χ1) is 13.0. The Balaban J connectivity index is 1.71. The van der Waals surface area contributed by atoms with E-state index in [0.717, 1.165) is 39.4 Å². The Morgan fingerprint density at radius 3 is 2.56 bits per heavy atom. The van der Waals surface area contributed by atoms with Gasteiger partial charge in [0, 0.05) is 37.5 Å². The average Bonchev–Trinajstić information content (AvgIpc) is 3.15. The van der Waals surface area contributed by atoms with Gasteiger partial charge in [0.2, 0.25) is 0 Å². The van der Waals surface area contributed by atoms with Gasteiger partial charge in [-0.25, -0.2) is 9.97 Å². The van der Waals surface area contributed by atoms with Crippen LogP contribution in [0.2, 0.25) is 0 Å². The molecule has 4 heterocycles. The maximum Gasteiger partial charge on any atom is 0.146 e. The van der Waals surface area contributed by atoms with Gasteiger partial charge in [0.25, 0.3) is 0 Å². The molecule has 0 amide bonds. The number of aryl methyl sites for hydroxylation is 3. The van der Waals surface area contributed by atoms with E-state index in [0.29, 0.717) is 11.6 Å². The van der Waals surface area contributed by atoms with Crippen LogP contribution in [-0.2, 0) is 14.1 Å². The lowest BCUT2D eigenvalue weighted by atomic mass is 10.1. The summed E-state index contributed by atoms with van der Waals surface area (Å²) in [6, 6.07) is 3.87. The van der Waals surface area contributed by atoms with Gasteiger partial charge in [-0.15, -0.1) is 0 Å². The standard InChI is InChI=1S/C19H21N7O/c1-11-19(12(2)26(4)24-11)13-6-17(27-5)15(9-20-13)23-18-7-16-14(8-21-18)22-10-25(16)3/h6-10H,1-5H3,(H,21,23). The maximum absolute atomic E-state index is 5.59. The second-order valence-corrected chi connectivity index (χ2v) is 6.48. The Hall–Kier alpha value is -3.42. The van der Waals surface area contributed by atoms with Crippen molar-refractivity contribution >= 4 is 22.5 Å². The Bertz CT molecular complexity index is 1140. The van der Waals surface area contributed by atoms with Crippen molar-refractivity contribution in [3.63, 3.8) is 0 Å². The van der Waals surface area contributed by atoms with Crippen LogP contribution in [-0.4, -0.2) is 36.4 Å². The van der Waals surface area contributed by atoms with E-state index in [1.807, 2.05) is 49.3 Å². The third-order valence-electron chi connectivity index (χ3n) is 4.73. The summed E-state index contributed by atoms with van der Waals surface area (Å²) in [4.78, 5) is 13.3. The van der Waals surface area contributed by atoms with Crippen molar-refractivity contribution in [3.05, 3.63) is 42.2 Å². The zero-order valence-corrected chi connectivity index (χ0v) is 16.0. The number of ether oxygens (including phenoxy) is 1. The van der Waals surface area contributed by atoms with Gasteiger partial charge in [-0.2, -0.15) is 5.10 Å². The molecule has 0 radical (unpaired) electrons. The molecule has 0 aliphatic heterocycles. The Kier molecular flexibility index (Phi) is 4.02. The number of imidazole rings is 1. The van der Waals surface area contributed by atoms with E-state index in [9.17, 15) is 0 Å². The lowest BCUT2D eigenvalue weighted by Crippen LogP contribution is -1.99. The van der Waals surface area contributed by atoms with E-state index >= 15 is 0 Å². The van der Waals surface area contributed by atoms with Gasteiger partial charge >= 0.3 is 0 Å². The fourth-order valence-corrected chi connectivity index (χ4v) is 3.22. The summed E-state index contributed by atoms with van der Waals surface area (Å²) in [6.07, 6.45) is 5.27. The van der Waals surface area contributed by atoms with Crippen molar-refractivity contribution in [2.24, 2.45) is 14.1 Å². The van der Waals surface area contributed by atoms with Gasteiger partial charge in [-0.05, 0) is 13.8 Å². The molecule has 4 aromatic rings. The highest BCUT2D eigenvalue weighted by Gasteiger charge is 2.16. The summed E-state index contributed by atoms with van der Waals surface area (Å²) in [5, 5.41) is 7.75. The first kappa shape index (κ1) is 17.0. The van der Waals surface area contributed by atoms with Crippen molar-refractivity contribution < 1.29 is 4.74 Å². The molecule has 0 atom stereocenters. The van der Waals surface area contributed by atoms with Crippen LogP contribution < -0.4 is 10.1 Å². The molecule has 27 heavy (non-hydrogen) atoms. The highest BCUT2D eigenvalue weighted by atomic mass is 16.5. The number of hydrogen-bond donors (Lipinski definition) is 1. The largest absolute Gasteiger partial charge is 0.494 e. The minimum Gasteiger partial charge on any atom is -0.494 e. The minimum absolute atomic E-state index is 0.689. The third-order valence-corrected chi connectivity index (χ3v) is 4.73. The molecule has 0 bridgehead atoms. The fourth-order valence-electron chi connectivity index (χ4n) is 3.22. The first-order valence-corrected chi connectivity index (χ1v) is 8.56. The Morgan fingerprint density at radius 2 is 1.85 bits per heavy atom. The van der Waals surface area contributed by atoms with E-state index in [1.165, 1.54) is 0 Å². The number of pyridine rings is 2. The summed E-state index contributed by atoms with van der Waals surface area (Å²) in [5.74, 6) is 1.39. The number of fused-ring (bicyclic) bond motifs is 1. The number of anilines is 2. The molecule has 8 heteroatoms. The van der Waals surface area contributed by atoms with Crippen LogP contribution in [0, 0.1) is 13.8 Å². The second kappa shape index (κ2) is 6.39. The molecule has 0 aliphatic carbocycles. The van der Waals surface area contributed by atoms with Crippen molar-refractivity contribution in [2.45, 2.75) is 13.8 Å². The van der Waals surface area contributed by atoms with Crippen LogP contribution in [0.3, 0.4) is 0 Å². The molecule has 0 saturated heterocycles. The lowest BCUT2D eigenvalue weighted by molar-refractivity contribution is 0.416. The van der Waals surface area contributed by atoms with Crippen molar-refractivity contribution in [1.82, 2.24) is 29.3 Å². The number of rotatable bonds is 4. The molecule has 0 aromatic carbocycles. The molecule has 0 fully saturated rings. The first-order valence-electron chi connectivity index (χ1n) is 8.56. The van der Waals surface area contributed by atoms with Crippen LogP contribution >= 0.6 is 0 Å². The Labute approximate surface area is 156 Å². The van der Waals surface area contributed by atoms with E-state index in [2.05, 4.69) is 25.4 Å². The highest BCUT2D eigenvalue weighted by molar-refractivity contribution is 5.79. The zero-order chi connectivity index (χ0) is 19.1. The third kappa shape index (κ3) is 2.88. The molecule has 0 unspecified atom stereocenters. The molecule has 8 nitrogen and oxygen atoms in total. The topological polar surface area (TPSA) is 82.7 Å². The van der Waals surface area contributed by atoms with Gasteiger partial charge in [-0.1, -0.05) is 0 Å². The second-order valence-electron chi connectivity index (χ2n) is 6.48. The van der Waals surface area contributed by atoms with E-state index in [4.69, 9.17) is 4.74 Å². The number of nitrogens with zero attached hydrogens (tertiary/aromatic N) is 6. The molecule has 1 N–H and O–H groups in total. The quantitative estimate of drug-likeness (QED) is 0.600. The smallest absolute Gasteiger partial charge is 0.146 e. The molecule has 0 aliphatic rings. The minimum atomic E-state index is 0.689. The predicted octanol–water partition coefficient (Wildman–Crippen LogP) is 3.13. The highest BCUT2D eigenvalue weighted by Crippen LogP contribution is 2.33. The average molecular weight is 363 g/mol. The normalized spacial score (nSPS) is 11.1. The number of aromatic nitrogens is 6. The van der Waals surface area contributed by atoms with Crippen LogP contribution in [0.1, 0.15) is 11.4 Å². The summed E-state index contributed by atoms with van der Waals surface area (Å²) in [6.45, 7) is 4.01. The monoisotopic (exact) mass is 363 g/mol. The molecule has 4 aromatic heterocycles. The summed E-state index contributed by atoms with van der Waals surface area (Å²) in [5.41, 5.74) is 6.45. The number of hydrogen-bond acceptors (Lipinski definition) is 6. The van der Waals surface area contributed by atoms with Gasteiger partial charge in [0.15, 0.2) is 0 Å². The molecule has 0 spiro atoms. The zero-order valence-electron chi connectivity index (χ0n) is 16.0.